The molecule has 2 aromatic rings. The largest absolute Gasteiger partial charge is 0.339 e. The zero-order chi connectivity index (χ0) is 15.7. The number of rotatable bonds is 3. The summed E-state index contributed by atoms with van der Waals surface area (Å²) in [6.07, 6.45) is 1.95. The molecule has 6 nitrogen and oxygen atoms in total. The van der Waals surface area contributed by atoms with Crippen molar-refractivity contribution in [3.8, 4) is 0 Å². The maximum Gasteiger partial charge on any atom is 0.265 e. The summed E-state index contributed by atoms with van der Waals surface area (Å²) in [5, 5.41) is 4.10. The zero-order valence-corrected chi connectivity index (χ0v) is 13.9. The van der Waals surface area contributed by atoms with Gasteiger partial charge in [-0.15, -0.1) is 11.3 Å². The van der Waals surface area contributed by atoms with Crippen LogP contribution < -0.4 is 0 Å². The van der Waals surface area contributed by atoms with Gasteiger partial charge in [0.1, 0.15) is 4.88 Å². The molecule has 1 aliphatic rings. The quantitative estimate of drug-likeness (QED) is 0.869. The molecule has 7 heteroatoms. The number of aryl methyl sites for hydroxylation is 1. The van der Waals surface area contributed by atoms with E-state index in [0.717, 1.165) is 35.8 Å². The van der Waals surface area contributed by atoms with Crippen LogP contribution in [0.1, 0.15) is 65.6 Å². The zero-order valence-electron chi connectivity index (χ0n) is 13.1. The molecule has 1 saturated heterocycles. The molecule has 2 aromatic heterocycles. The Morgan fingerprint density at radius 1 is 1.50 bits per heavy atom. The molecule has 0 spiro atoms. The number of carbonyl (C=O) groups excluding carboxylic acids is 1. The molecule has 1 atom stereocenters. The average Bonchev–Trinajstić information content (AvgIpc) is 3.15. The summed E-state index contributed by atoms with van der Waals surface area (Å²) in [5.41, 5.74) is 2.52. The second-order valence-electron chi connectivity index (χ2n) is 6.00. The summed E-state index contributed by atoms with van der Waals surface area (Å²) in [5.74, 6) is 1.83. The second kappa shape index (κ2) is 6.16. The molecule has 0 aromatic carbocycles. The fourth-order valence-electron chi connectivity index (χ4n) is 2.67. The molecule has 0 bridgehead atoms. The number of hydrogen-bond donors (Lipinski definition) is 0. The van der Waals surface area contributed by atoms with Crippen LogP contribution in [-0.4, -0.2) is 39.0 Å². The Morgan fingerprint density at radius 3 is 2.95 bits per heavy atom. The van der Waals surface area contributed by atoms with Gasteiger partial charge in [-0.3, -0.25) is 4.79 Å². The third-order valence-corrected chi connectivity index (χ3v) is 4.88. The third-order valence-electron chi connectivity index (χ3n) is 3.96. The topological polar surface area (TPSA) is 72.1 Å². The highest BCUT2D eigenvalue weighted by molar-refractivity contribution is 7.11. The molecule has 22 heavy (non-hydrogen) atoms. The molecule has 1 aliphatic heterocycles. The summed E-state index contributed by atoms with van der Waals surface area (Å²) >= 11 is 1.40. The molecule has 3 heterocycles. The first-order chi connectivity index (χ1) is 10.6. The molecule has 0 radical (unpaired) electrons. The van der Waals surface area contributed by atoms with Crippen LogP contribution >= 0.6 is 11.3 Å². The van der Waals surface area contributed by atoms with Crippen molar-refractivity contribution in [2.45, 2.75) is 45.4 Å². The molecular formula is C15H20N4O2S. The van der Waals surface area contributed by atoms with Gasteiger partial charge in [0, 0.05) is 24.9 Å². The lowest BCUT2D eigenvalue weighted by molar-refractivity contribution is 0.0707. The number of amides is 1. The number of likely N-dealkylation sites (tertiary alicyclic amines) is 1. The van der Waals surface area contributed by atoms with Crippen molar-refractivity contribution in [3.63, 3.8) is 0 Å². The summed E-state index contributed by atoms with van der Waals surface area (Å²) in [6, 6.07) is 0. The monoisotopic (exact) mass is 320 g/mol. The number of hydrogen-bond acceptors (Lipinski definition) is 6. The lowest BCUT2D eigenvalue weighted by Crippen LogP contribution is -2.39. The molecule has 3 rings (SSSR count). The van der Waals surface area contributed by atoms with Gasteiger partial charge in [-0.2, -0.15) is 4.98 Å². The Labute approximate surface area is 133 Å². The van der Waals surface area contributed by atoms with E-state index < -0.39 is 0 Å². The number of carbonyl (C=O) groups is 1. The first-order valence-corrected chi connectivity index (χ1v) is 8.47. The van der Waals surface area contributed by atoms with Crippen molar-refractivity contribution in [3.05, 3.63) is 27.8 Å². The highest BCUT2D eigenvalue weighted by Crippen LogP contribution is 2.28. The van der Waals surface area contributed by atoms with E-state index in [9.17, 15) is 4.79 Å². The first kappa shape index (κ1) is 15.1. The minimum atomic E-state index is 0.0669. The van der Waals surface area contributed by atoms with Crippen molar-refractivity contribution in [2.24, 2.45) is 0 Å². The van der Waals surface area contributed by atoms with Gasteiger partial charge in [0.25, 0.3) is 5.91 Å². The smallest absolute Gasteiger partial charge is 0.265 e. The number of aromatic nitrogens is 3. The van der Waals surface area contributed by atoms with Crippen LogP contribution in [0.3, 0.4) is 0 Å². The maximum absolute atomic E-state index is 12.6. The van der Waals surface area contributed by atoms with Gasteiger partial charge in [0.05, 0.1) is 11.2 Å². The Hall–Kier alpha value is -1.76. The minimum Gasteiger partial charge on any atom is -0.339 e. The predicted molar refractivity (Wildman–Crippen MR) is 83.1 cm³/mol. The average molecular weight is 320 g/mol. The number of nitrogens with zero attached hydrogens (tertiary/aromatic N) is 4. The fourth-order valence-corrected chi connectivity index (χ4v) is 3.44. The molecule has 1 amide bonds. The van der Waals surface area contributed by atoms with Crippen LogP contribution in [0.15, 0.2) is 10.0 Å². The molecule has 1 fully saturated rings. The van der Waals surface area contributed by atoms with E-state index in [2.05, 4.69) is 15.1 Å². The van der Waals surface area contributed by atoms with Crippen molar-refractivity contribution in [2.75, 3.05) is 13.1 Å². The second-order valence-corrected chi connectivity index (χ2v) is 6.86. The molecule has 118 valence electrons. The number of piperidine rings is 1. The molecule has 1 unspecified atom stereocenters. The van der Waals surface area contributed by atoms with Gasteiger partial charge in [0.15, 0.2) is 5.82 Å². The van der Waals surface area contributed by atoms with Gasteiger partial charge < -0.3 is 9.42 Å². The fraction of sp³-hybridized carbons (Fsp3) is 0.600. The van der Waals surface area contributed by atoms with Crippen molar-refractivity contribution >= 4 is 17.2 Å². The Bertz CT molecular complexity index is 664. The van der Waals surface area contributed by atoms with E-state index in [1.165, 1.54) is 11.3 Å². The van der Waals surface area contributed by atoms with Gasteiger partial charge >= 0.3 is 0 Å². The summed E-state index contributed by atoms with van der Waals surface area (Å²) < 4.78 is 5.29. The van der Waals surface area contributed by atoms with E-state index in [0.29, 0.717) is 12.4 Å². The maximum atomic E-state index is 12.6. The van der Waals surface area contributed by atoms with E-state index in [1.54, 1.807) is 5.51 Å². The SMILES string of the molecule is Cc1ncsc1C(=O)N1CCCC(c2noc(C(C)C)n2)C1. The Balaban J connectivity index is 1.73. The minimum absolute atomic E-state index is 0.0669. The lowest BCUT2D eigenvalue weighted by Gasteiger charge is -2.31. The standard InChI is InChI=1S/C15H20N4O2S/c1-9(2)14-17-13(18-21-14)11-5-4-6-19(7-11)15(20)12-10(3)16-8-22-12/h8-9,11H,4-7H2,1-3H3. The highest BCUT2D eigenvalue weighted by Gasteiger charge is 2.30. The van der Waals surface area contributed by atoms with Crippen LogP contribution in [0.2, 0.25) is 0 Å². The Kier molecular flexibility index (Phi) is 4.24. The number of thiazole rings is 1. The third kappa shape index (κ3) is 2.90. The molecule has 0 saturated carbocycles. The molecule has 0 aliphatic carbocycles. The van der Waals surface area contributed by atoms with Gasteiger partial charge in [0.2, 0.25) is 5.89 Å². The van der Waals surface area contributed by atoms with Crippen LogP contribution in [0.25, 0.3) is 0 Å². The summed E-state index contributed by atoms with van der Waals surface area (Å²) in [6.45, 7) is 7.36. The first-order valence-electron chi connectivity index (χ1n) is 7.59. The summed E-state index contributed by atoms with van der Waals surface area (Å²) in [7, 11) is 0. The molecular weight excluding hydrogens is 300 g/mol. The van der Waals surface area contributed by atoms with Crippen LogP contribution in [-0.2, 0) is 0 Å². The molecule has 0 N–H and O–H groups in total. The summed E-state index contributed by atoms with van der Waals surface area (Å²) in [4.78, 5) is 23.9. The van der Waals surface area contributed by atoms with Crippen LogP contribution in [0, 0.1) is 6.92 Å². The van der Waals surface area contributed by atoms with Crippen molar-refractivity contribution in [1.29, 1.82) is 0 Å². The van der Waals surface area contributed by atoms with E-state index in [4.69, 9.17) is 4.52 Å². The van der Waals surface area contributed by atoms with Gasteiger partial charge in [-0.1, -0.05) is 19.0 Å². The van der Waals surface area contributed by atoms with Crippen molar-refractivity contribution in [1.82, 2.24) is 20.0 Å². The van der Waals surface area contributed by atoms with Gasteiger partial charge in [-0.25, -0.2) is 4.98 Å². The lowest BCUT2D eigenvalue weighted by atomic mass is 9.97. The van der Waals surface area contributed by atoms with Gasteiger partial charge in [-0.05, 0) is 19.8 Å². The van der Waals surface area contributed by atoms with Crippen LogP contribution in [0.4, 0.5) is 0 Å². The van der Waals surface area contributed by atoms with Crippen molar-refractivity contribution < 1.29 is 9.32 Å². The van der Waals surface area contributed by atoms with E-state index in [-0.39, 0.29) is 17.7 Å². The van der Waals surface area contributed by atoms with Crippen LogP contribution in [0.5, 0.6) is 0 Å². The van der Waals surface area contributed by atoms with E-state index in [1.807, 2.05) is 25.7 Å². The normalized spacial score (nSPS) is 18.9. The van der Waals surface area contributed by atoms with E-state index >= 15 is 0 Å². The predicted octanol–water partition coefficient (Wildman–Crippen LogP) is 2.98. The Morgan fingerprint density at radius 2 is 2.32 bits per heavy atom. The highest BCUT2D eigenvalue weighted by atomic mass is 32.1.